The molecular formula is C18H25NO3. The summed E-state index contributed by atoms with van der Waals surface area (Å²) in [6.07, 6.45) is 1.82. The Morgan fingerprint density at radius 2 is 1.95 bits per heavy atom. The smallest absolute Gasteiger partial charge is 0.232 e. The fourth-order valence-electron chi connectivity index (χ4n) is 2.47. The first-order chi connectivity index (χ1) is 10.5. The monoisotopic (exact) mass is 303 g/mol. The molecule has 120 valence electrons. The largest absolute Gasteiger partial charge is 0.295 e. The van der Waals surface area contributed by atoms with Gasteiger partial charge in [0.15, 0.2) is 5.78 Å². The van der Waals surface area contributed by atoms with Crippen LogP contribution < -0.4 is 0 Å². The predicted octanol–water partition coefficient (Wildman–Crippen LogP) is 3.24. The molecule has 4 heteroatoms. The number of rotatable bonds is 5. The Kier molecular flexibility index (Phi) is 6.96. The number of hydrogen-bond donors (Lipinski definition) is 0. The second-order valence-corrected chi connectivity index (χ2v) is 5.35. The number of ketones is 1. The number of likely N-dealkylation sites (tertiary alicyclic amines) is 1. The molecular weight excluding hydrogens is 278 g/mol. The van der Waals surface area contributed by atoms with Crippen LogP contribution in [0.3, 0.4) is 0 Å². The van der Waals surface area contributed by atoms with Gasteiger partial charge < -0.3 is 0 Å². The van der Waals surface area contributed by atoms with Crippen LogP contribution in [0.15, 0.2) is 24.3 Å². The van der Waals surface area contributed by atoms with Crippen LogP contribution in [-0.4, -0.2) is 29.0 Å². The molecule has 1 aromatic carbocycles. The normalized spacial score (nSPS) is 17.3. The van der Waals surface area contributed by atoms with Crippen molar-refractivity contribution in [3.05, 3.63) is 35.4 Å². The fourth-order valence-corrected chi connectivity index (χ4v) is 2.47. The summed E-state index contributed by atoms with van der Waals surface area (Å²) in [6, 6.07) is 7.49. The molecule has 1 aliphatic heterocycles. The van der Waals surface area contributed by atoms with E-state index in [1.807, 2.05) is 32.0 Å². The average molecular weight is 303 g/mol. The quantitative estimate of drug-likeness (QED) is 0.620. The number of aryl methyl sites for hydroxylation is 1. The van der Waals surface area contributed by atoms with Crippen molar-refractivity contribution in [2.45, 2.75) is 47.0 Å². The first-order valence-corrected chi connectivity index (χ1v) is 7.93. The van der Waals surface area contributed by atoms with E-state index in [4.69, 9.17) is 0 Å². The second-order valence-electron chi connectivity index (χ2n) is 5.35. The van der Waals surface area contributed by atoms with Crippen molar-refractivity contribution in [1.29, 1.82) is 0 Å². The summed E-state index contributed by atoms with van der Waals surface area (Å²) < 4.78 is 0. The van der Waals surface area contributed by atoms with Gasteiger partial charge >= 0.3 is 0 Å². The second kappa shape index (κ2) is 8.47. The summed E-state index contributed by atoms with van der Waals surface area (Å²) in [5.41, 5.74) is 1.76. The van der Waals surface area contributed by atoms with Gasteiger partial charge in [-0.15, -0.1) is 0 Å². The molecule has 1 aliphatic rings. The van der Waals surface area contributed by atoms with Gasteiger partial charge in [0.05, 0.1) is 0 Å². The molecule has 1 saturated heterocycles. The van der Waals surface area contributed by atoms with Gasteiger partial charge in [0, 0.05) is 24.4 Å². The third kappa shape index (κ3) is 4.52. The highest BCUT2D eigenvalue weighted by Gasteiger charge is 2.34. The Balaban J connectivity index is 0.00000116. The van der Waals surface area contributed by atoms with Crippen molar-refractivity contribution in [2.24, 2.45) is 5.92 Å². The number of hydrogen-bond acceptors (Lipinski definition) is 3. The zero-order valence-corrected chi connectivity index (χ0v) is 13.9. The number of imide groups is 1. The fraction of sp³-hybridized carbons (Fsp3) is 0.500. The standard InChI is InChI=1S/C16H19NO3.C2H6/c1-11-9-15(19)17(16(11)20)8-4-6-13-5-3-7-14(10-13)12(2)18;1-2/h3,5,7,10-11H,4,6,8-9H2,1-2H3;1-2H3. The summed E-state index contributed by atoms with van der Waals surface area (Å²) in [4.78, 5) is 36.1. The zero-order valence-electron chi connectivity index (χ0n) is 13.9. The van der Waals surface area contributed by atoms with E-state index < -0.39 is 0 Å². The van der Waals surface area contributed by atoms with Crippen LogP contribution in [-0.2, 0) is 16.0 Å². The lowest BCUT2D eigenvalue weighted by Crippen LogP contribution is -2.31. The zero-order chi connectivity index (χ0) is 16.7. The first-order valence-electron chi connectivity index (χ1n) is 7.93. The highest BCUT2D eigenvalue weighted by molar-refractivity contribution is 6.03. The van der Waals surface area contributed by atoms with E-state index in [9.17, 15) is 14.4 Å². The molecule has 2 rings (SSSR count). The van der Waals surface area contributed by atoms with Crippen molar-refractivity contribution < 1.29 is 14.4 Å². The lowest BCUT2D eigenvalue weighted by atomic mass is 10.0. The van der Waals surface area contributed by atoms with Gasteiger partial charge in [0.25, 0.3) is 0 Å². The summed E-state index contributed by atoms with van der Waals surface area (Å²) in [5.74, 6) is -0.262. The van der Waals surface area contributed by atoms with Gasteiger partial charge in [-0.25, -0.2) is 0 Å². The van der Waals surface area contributed by atoms with E-state index in [2.05, 4.69) is 0 Å². The van der Waals surface area contributed by atoms with Crippen LogP contribution in [0.4, 0.5) is 0 Å². The molecule has 1 heterocycles. The molecule has 22 heavy (non-hydrogen) atoms. The molecule has 0 aliphatic carbocycles. The lowest BCUT2D eigenvalue weighted by Gasteiger charge is -2.14. The van der Waals surface area contributed by atoms with Crippen molar-refractivity contribution in [1.82, 2.24) is 4.90 Å². The molecule has 0 aromatic heterocycles. The van der Waals surface area contributed by atoms with E-state index in [1.165, 1.54) is 4.90 Å². The number of Topliss-reactive ketones (excluding diaryl/α,β-unsaturated/α-hetero) is 1. The number of nitrogens with zero attached hydrogens (tertiary/aromatic N) is 1. The average Bonchev–Trinajstić information content (AvgIpc) is 2.76. The van der Waals surface area contributed by atoms with Crippen LogP contribution in [0.5, 0.6) is 0 Å². The summed E-state index contributed by atoms with van der Waals surface area (Å²) in [5, 5.41) is 0. The van der Waals surface area contributed by atoms with E-state index in [1.54, 1.807) is 19.9 Å². The van der Waals surface area contributed by atoms with Crippen molar-refractivity contribution in [2.75, 3.05) is 6.54 Å². The Labute approximate surface area is 132 Å². The minimum Gasteiger partial charge on any atom is -0.295 e. The number of amides is 2. The molecule has 1 unspecified atom stereocenters. The minimum absolute atomic E-state index is 0.0468. The topological polar surface area (TPSA) is 54.5 Å². The van der Waals surface area contributed by atoms with Crippen molar-refractivity contribution in [3.8, 4) is 0 Å². The highest BCUT2D eigenvalue weighted by atomic mass is 16.2. The van der Waals surface area contributed by atoms with Crippen LogP contribution in [0.2, 0.25) is 0 Å². The van der Waals surface area contributed by atoms with Crippen LogP contribution >= 0.6 is 0 Å². The number of carbonyl (C=O) groups excluding carboxylic acids is 3. The van der Waals surface area contributed by atoms with Gasteiger partial charge in [-0.2, -0.15) is 0 Å². The molecule has 0 spiro atoms. The molecule has 1 aromatic rings. The summed E-state index contributed by atoms with van der Waals surface area (Å²) >= 11 is 0. The molecule has 2 amide bonds. The lowest BCUT2D eigenvalue weighted by molar-refractivity contribution is -0.139. The SMILES string of the molecule is CC.CC(=O)c1cccc(CCCN2C(=O)CC(C)C2=O)c1. The summed E-state index contributed by atoms with van der Waals surface area (Å²) in [6.45, 7) is 7.80. The van der Waals surface area contributed by atoms with E-state index >= 15 is 0 Å². The van der Waals surface area contributed by atoms with Gasteiger partial charge in [-0.05, 0) is 31.4 Å². The molecule has 0 saturated carbocycles. The third-order valence-corrected chi connectivity index (χ3v) is 3.65. The van der Waals surface area contributed by atoms with Gasteiger partial charge in [-0.1, -0.05) is 39.0 Å². The van der Waals surface area contributed by atoms with E-state index in [-0.39, 0.29) is 23.5 Å². The molecule has 1 atom stereocenters. The Morgan fingerprint density at radius 1 is 1.27 bits per heavy atom. The maximum atomic E-state index is 11.8. The van der Waals surface area contributed by atoms with Crippen LogP contribution in [0.25, 0.3) is 0 Å². The van der Waals surface area contributed by atoms with Crippen molar-refractivity contribution >= 4 is 17.6 Å². The first kappa shape index (κ1) is 18.1. The van der Waals surface area contributed by atoms with E-state index in [0.717, 1.165) is 18.4 Å². The molecule has 4 nitrogen and oxygen atoms in total. The number of carbonyl (C=O) groups is 3. The molecule has 0 bridgehead atoms. The molecule has 0 radical (unpaired) electrons. The summed E-state index contributed by atoms with van der Waals surface area (Å²) in [7, 11) is 0. The van der Waals surface area contributed by atoms with Crippen molar-refractivity contribution in [3.63, 3.8) is 0 Å². The molecule has 0 N–H and O–H groups in total. The Bertz CT molecular complexity index is 551. The minimum atomic E-state index is -0.177. The van der Waals surface area contributed by atoms with Crippen LogP contribution in [0, 0.1) is 5.92 Å². The van der Waals surface area contributed by atoms with Gasteiger partial charge in [0.2, 0.25) is 11.8 Å². The van der Waals surface area contributed by atoms with Gasteiger partial charge in [-0.3, -0.25) is 19.3 Å². The van der Waals surface area contributed by atoms with E-state index in [0.29, 0.717) is 18.5 Å². The predicted molar refractivity (Wildman–Crippen MR) is 86.6 cm³/mol. The Hall–Kier alpha value is -1.97. The maximum Gasteiger partial charge on any atom is 0.232 e. The maximum absolute atomic E-state index is 11.8. The molecule has 1 fully saturated rings. The Morgan fingerprint density at radius 3 is 2.50 bits per heavy atom. The van der Waals surface area contributed by atoms with Gasteiger partial charge in [0.1, 0.15) is 0 Å². The number of benzene rings is 1. The third-order valence-electron chi connectivity index (χ3n) is 3.65. The van der Waals surface area contributed by atoms with Crippen LogP contribution in [0.1, 0.15) is 56.5 Å². The highest BCUT2D eigenvalue weighted by Crippen LogP contribution is 2.19.